The van der Waals surface area contributed by atoms with Crippen LogP contribution in [0.4, 0.5) is 0 Å². The molecule has 1 aliphatic heterocycles. The summed E-state index contributed by atoms with van der Waals surface area (Å²) in [6, 6.07) is 1.95. The first-order valence-electron chi connectivity index (χ1n) is 6.06. The Kier molecular flexibility index (Phi) is 3.98. The van der Waals surface area contributed by atoms with Crippen molar-refractivity contribution in [3.8, 4) is 0 Å². The molecule has 1 amide bonds. The van der Waals surface area contributed by atoms with Crippen LogP contribution >= 0.6 is 0 Å². The van der Waals surface area contributed by atoms with E-state index in [4.69, 9.17) is 4.74 Å². The highest BCUT2D eigenvalue weighted by molar-refractivity contribution is 5.78. The van der Waals surface area contributed by atoms with Gasteiger partial charge in [0, 0.05) is 19.9 Å². The van der Waals surface area contributed by atoms with Crippen LogP contribution in [-0.4, -0.2) is 65.9 Å². The third kappa shape index (κ3) is 2.88. The molecular formula is C12H20N4O2. The van der Waals surface area contributed by atoms with Crippen molar-refractivity contribution in [2.45, 2.75) is 19.2 Å². The normalized spacial score (nSPS) is 19.8. The third-order valence-electron chi connectivity index (χ3n) is 3.10. The van der Waals surface area contributed by atoms with E-state index >= 15 is 0 Å². The van der Waals surface area contributed by atoms with E-state index in [2.05, 4.69) is 5.10 Å². The van der Waals surface area contributed by atoms with Crippen LogP contribution < -0.4 is 0 Å². The molecule has 6 nitrogen and oxygen atoms in total. The van der Waals surface area contributed by atoms with E-state index in [-0.39, 0.29) is 12.0 Å². The highest BCUT2D eigenvalue weighted by atomic mass is 16.5. The molecule has 1 aromatic heterocycles. The predicted octanol–water partition coefficient (Wildman–Crippen LogP) is -0.198. The number of carbonyl (C=O) groups is 1. The van der Waals surface area contributed by atoms with Crippen LogP contribution in [0.2, 0.25) is 0 Å². The Balaban J connectivity index is 2.14. The summed E-state index contributed by atoms with van der Waals surface area (Å²) in [6.45, 7) is 2.34. The fourth-order valence-corrected chi connectivity index (χ4v) is 2.12. The topological polar surface area (TPSA) is 50.6 Å². The Morgan fingerprint density at radius 3 is 3.00 bits per heavy atom. The molecule has 1 unspecified atom stereocenters. The molecule has 0 N–H and O–H groups in total. The molecule has 100 valence electrons. The van der Waals surface area contributed by atoms with Crippen molar-refractivity contribution >= 4 is 5.91 Å². The number of likely N-dealkylation sites (N-methyl/N-ethyl adjacent to an activating group) is 1. The number of hydrogen-bond acceptors (Lipinski definition) is 4. The second-order valence-electron chi connectivity index (χ2n) is 4.87. The fraction of sp³-hybridized carbons (Fsp3) is 0.667. The van der Waals surface area contributed by atoms with E-state index in [1.165, 1.54) is 0 Å². The number of hydrogen-bond donors (Lipinski definition) is 0. The Morgan fingerprint density at radius 2 is 2.33 bits per heavy atom. The smallest absolute Gasteiger partial charge is 0.237 e. The van der Waals surface area contributed by atoms with Crippen molar-refractivity contribution in [2.24, 2.45) is 0 Å². The molecule has 1 atom stereocenters. The van der Waals surface area contributed by atoms with Gasteiger partial charge >= 0.3 is 0 Å². The molecule has 0 fully saturated rings. The predicted molar refractivity (Wildman–Crippen MR) is 67.0 cm³/mol. The molecule has 0 aromatic carbocycles. The first kappa shape index (κ1) is 13.0. The average molecular weight is 252 g/mol. The Morgan fingerprint density at radius 1 is 1.56 bits per heavy atom. The molecule has 2 heterocycles. The zero-order chi connectivity index (χ0) is 13.1. The van der Waals surface area contributed by atoms with Crippen LogP contribution in [0.15, 0.2) is 12.3 Å². The van der Waals surface area contributed by atoms with Gasteiger partial charge < -0.3 is 14.5 Å². The molecule has 0 radical (unpaired) electrons. The minimum atomic E-state index is -0.00253. The summed E-state index contributed by atoms with van der Waals surface area (Å²) in [5.41, 5.74) is 1.06. The summed E-state index contributed by atoms with van der Waals surface area (Å²) in [5.74, 6) is 0.122. The molecule has 1 aliphatic rings. The average Bonchev–Trinajstić information content (AvgIpc) is 2.65. The van der Waals surface area contributed by atoms with Crippen molar-refractivity contribution in [1.29, 1.82) is 0 Å². The van der Waals surface area contributed by atoms with Gasteiger partial charge in [-0.2, -0.15) is 5.10 Å². The highest BCUT2D eigenvalue weighted by Crippen LogP contribution is 2.13. The van der Waals surface area contributed by atoms with E-state index in [9.17, 15) is 4.79 Å². The highest BCUT2D eigenvalue weighted by Gasteiger charge is 2.25. The minimum absolute atomic E-state index is 0.00253. The van der Waals surface area contributed by atoms with Crippen molar-refractivity contribution in [1.82, 2.24) is 19.6 Å². The van der Waals surface area contributed by atoms with E-state index in [1.54, 1.807) is 13.3 Å². The Hall–Kier alpha value is -1.40. The van der Waals surface area contributed by atoms with Crippen LogP contribution in [-0.2, 0) is 22.6 Å². The van der Waals surface area contributed by atoms with Gasteiger partial charge in [-0.05, 0) is 20.2 Å². The van der Waals surface area contributed by atoms with Gasteiger partial charge in [0.2, 0.25) is 5.91 Å². The molecule has 0 saturated heterocycles. The van der Waals surface area contributed by atoms with Crippen molar-refractivity contribution < 1.29 is 9.53 Å². The van der Waals surface area contributed by atoms with Crippen LogP contribution in [0.3, 0.4) is 0 Å². The zero-order valence-electron chi connectivity index (χ0n) is 11.2. The van der Waals surface area contributed by atoms with Gasteiger partial charge in [0.1, 0.15) is 0 Å². The molecule has 6 heteroatoms. The number of nitrogens with zero attached hydrogens (tertiary/aromatic N) is 4. The van der Waals surface area contributed by atoms with Crippen molar-refractivity contribution in [3.05, 3.63) is 18.0 Å². The van der Waals surface area contributed by atoms with Crippen molar-refractivity contribution in [2.75, 3.05) is 34.3 Å². The summed E-state index contributed by atoms with van der Waals surface area (Å²) in [7, 11) is 5.47. The Bertz CT molecular complexity index is 416. The number of rotatable bonds is 3. The van der Waals surface area contributed by atoms with E-state index < -0.39 is 0 Å². The van der Waals surface area contributed by atoms with Crippen LogP contribution in [0.5, 0.6) is 0 Å². The summed E-state index contributed by atoms with van der Waals surface area (Å²) >= 11 is 0. The number of ether oxygens (including phenoxy) is 1. The molecule has 0 saturated carbocycles. The van der Waals surface area contributed by atoms with Crippen LogP contribution in [0.1, 0.15) is 5.69 Å². The number of methoxy groups -OCH3 is 1. The maximum atomic E-state index is 12.2. The second kappa shape index (κ2) is 5.49. The van der Waals surface area contributed by atoms with Gasteiger partial charge in [0.25, 0.3) is 0 Å². The lowest BCUT2D eigenvalue weighted by Gasteiger charge is -2.24. The molecule has 2 rings (SSSR count). The summed E-state index contributed by atoms with van der Waals surface area (Å²) in [6.07, 6.45) is 1.76. The lowest BCUT2D eigenvalue weighted by molar-refractivity contribution is -0.134. The van der Waals surface area contributed by atoms with Gasteiger partial charge in [0.15, 0.2) is 0 Å². The Labute approximate surface area is 107 Å². The summed E-state index contributed by atoms with van der Waals surface area (Å²) in [4.78, 5) is 15.9. The zero-order valence-corrected chi connectivity index (χ0v) is 11.2. The number of aromatic nitrogens is 2. The standard InChI is InChI=1S/C12H20N4O2/c1-14(2)9-12(17)15-6-10-4-5-13-16(10)8-11(7-15)18-3/h4-5,11H,6-9H2,1-3H3. The van der Waals surface area contributed by atoms with Gasteiger partial charge in [0.05, 0.1) is 31.4 Å². The van der Waals surface area contributed by atoms with E-state index in [1.807, 2.05) is 34.6 Å². The quantitative estimate of drug-likeness (QED) is 0.747. The van der Waals surface area contributed by atoms with Crippen molar-refractivity contribution in [3.63, 3.8) is 0 Å². The maximum Gasteiger partial charge on any atom is 0.237 e. The van der Waals surface area contributed by atoms with Gasteiger partial charge in [-0.1, -0.05) is 0 Å². The molecule has 0 spiro atoms. The number of carbonyl (C=O) groups excluding carboxylic acids is 1. The van der Waals surface area contributed by atoms with Crippen LogP contribution in [0, 0.1) is 0 Å². The van der Waals surface area contributed by atoms with Gasteiger partial charge in [-0.3, -0.25) is 9.48 Å². The third-order valence-corrected chi connectivity index (χ3v) is 3.10. The maximum absolute atomic E-state index is 12.2. The van der Waals surface area contributed by atoms with Crippen LogP contribution in [0.25, 0.3) is 0 Å². The molecule has 18 heavy (non-hydrogen) atoms. The monoisotopic (exact) mass is 252 g/mol. The summed E-state index contributed by atoms with van der Waals surface area (Å²) in [5, 5.41) is 4.26. The first-order valence-corrected chi connectivity index (χ1v) is 6.06. The molecule has 0 bridgehead atoms. The second-order valence-corrected chi connectivity index (χ2v) is 4.87. The number of amides is 1. The van der Waals surface area contributed by atoms with E-state index in [0.717, 1.165) is 5.69 Å². The lowest BCUT2D eigenvalue weighted by Crippen LogP contribution is -2.41. The van der Waals surface area contributed by atoms with E-state index in [0.29, 0.717) is 26.2 Å². The SMILES string of the molecule is COC1CN(C(=O)CN(C)C)Cc2ccnn2C1. The largest absolute Gasteiger partial charge is 0.378 e. The minimum Gasteiger partial charge on any atom is -0.378 e. The summed E-state index contributed by atoms with van der Waals surface area (Å²) < 4.78 is 7.33. The van der Waals surface area contributed by atoms with Gasteiger partial charge in [-0.25, -0.2) is 0 Å². The molecule has 0 aliphatic carbocycles. The number of fused-ring (bicyclic) bond motifs is 1. The molecule has 1 aromatic rings. The fourth-order valence-electron chi connectivity index (χ4n) is 2.12. The first-order chi connectivity index (χ1) is 8.60. The lowest BCUT2D eigenvalue weighted by atomic mass is 10.3. The molecular weight excluding hydrogens is 232 g/mol. The van der Waals surface area contributed by atoms with Gasteiger partial charge in [-0.15, -0.1) is 0 Å².